The molecule has 0 saturated carbocycles. The number of benzene rings is 2. The van der Waals surface area contributed by atoms with Crippen LogP contribution in [0.15, 0.2) is 53.4 Å². The average molecular weight is 372 g/mol. The van der Waals surface area contributed by atoms with Gasteiger partial charge in [-0.3, -0.25) is 4.79 Å². The van der Waals surface area contributed by atoms with E-state index < -0.39 is 0 Å². The molecule has 0 aliphatic carbocycles. The maximum absolute atomic E-state index is 12.6. The van der Waals surface area contributed by atoms with Crippen molar-refractivity contribution in [3.8, 4) is 5.75 Å². The molecule has 1 aliphatic rings. The number of anilines is 2. The van der Waals surface area contributed by atoms with Gasteiger partial charge in [0.05, 0.1) is 11.4 Å². The smallest absolute Gasteiger partial charge is 0.228 e. The van der Waals surface area contributed by atoms with E-state index in [9.17, 15) is 4.79 Å². The Balaban J connectivity index is 1.41. The summed E-state index contributed by atoms with van der Waals surface area (Å²) in [7, 11) is 0. The molecule has 0 bridgehead atoms. The van der Waals surface area contributed by atoms with E-state index >= 15 is 0 Å². The molecule has 0 aromatic heterocycles. The number of carbonyl (C=O) groups is 1. The molecule has 2 aromatic carbocycles. The van der Waals surface area contributed by atoms with Gasteiger partial charge >= 0.3 is 0 Å². The number of thioether (sulfide) groups is 1. The molecule has 26 heavy (non-hydrogen) atoms. The van der Waals surface area contributed by atoms with Crippen molar-refractivity contribution in [1.29, 1.82) is 0 Å². The van der Waals surface area contributed by atoms with Crippen LogP contribution in [0.2, 0.25) is 0 Å². The maximum Gasteiger partial charge on any atom is 0.228 e. The van der Waals surface area contributed by atoms with Crippen LogP contribution < -0.4 is 20.7 Å². The third-order valence-electron chi connectivity index (χ3n) is 4.21. The van der Waals surface area contributed by atoms with Crippen LogP contribution in [0.1, 0.15) is 12.8 Å². The number of fused-ring (bicyclic) bond motifs is 1. The molecule has 0 saturated heterocycles. The molecule has 2 aromatic rings. The predicted octanol–water partition coefficient (Wildman–Crippen LogP) is 3.16. The minimum Gasteiger partial charge on any atom is -0.490 e. The molecule has 1 aliphatic heterocycles. The van der Waals surface area contributed by atoms with E-state index in [-0.39, 0.29) is 5.91 Å². The van der Waals surface area contributed by atoms with E-state index in [1.54, 1.807) is 0 Å². The fourth-order valence-corrected chi connectivity index (χ4v) is 3.88. The Kier molecular flexibility index (Phi) is 6.80. The fourth-order valence-electron chi connectivity index (χ4n) is 2.89. The van der Waals surface area contributed by atoms with Crippen molar-refractivity contribution in [3.05, 3.63) is 48.5 Å². The van der Waals surface area contributed by atoms with E-state index in [4.69, 9.17) is 10.5 Å². The first kappa shape index (κ1) is 18.6. The summed E-state index contributed by atoms with van der Waals surface area (Å²) < 4.78 is 5.64. The van der Waals surface area contributed by atoms with Gasteiger partial charge in [0.1, 0.15) is 12.4 Å². The summed E-state index contributed by atoms with van der Waals surface area (Å²) in [4.78, 5) is 15.8. The maximum atomic E-state index is 12.6. The summed E-state index contributed by atoms with van der Waals surface area (Å²) in [5, 5.41) is 3.27. The minimum absolute atomic E-state index is 0.167. The highest BCUT2D eigenvalue weighted by molar-refractivity contribution is 7.99. The van der Waals surface area contributed by atoms with Crippen molar-refractivity contribution in [1.82, 2.24) is 5.32 Å². The first-order valence-electron chi connectivity index (χ1n) is 8.96. The molecule has 0 spiro atoms. The SMILES string of the molecule is Nc1ccccc1OCCNCCC(=O)N1CCCSc2ccccc21. The lowest BCUT2D eigenvalue weighted by atomic mass is 10.2. The predicted molar refractivity (Wildman–Crippen MR) is 108 cm³/mol. The number of hydrogen-bond acceptors (Lipinski definition) is 5. The van der Waals surface area contributed by atoms with Crippen molar-refractivity contribution in [3.63, 3.8) is 0 Å². The first-order valence-corrected chi connectivity index (χ1v) is 9.94. The van der Waals surface area contributed by atoms with E-state index in [0.717, 1.165) is 24.4 Å². The number of nitrogens with one attached hydrogen (secondary N) is 1. The lowest BCUT2D eigenvalue weighted by Gasteiger charge is -2.22. The summed E-state index contributed by atoms with van der Waals surface area (Å²) >= 11 is 1.83. The molecule has 1 amide bonds. The number of nitrogen functional groups attached to an aromatic ring is 1. The first-order chi connectivity index (χ1) is 12.8. The Labute approximate surface area is 158 Å². The molecule has 1 heterocycles. The van der Waals surface area contributed by atoms with Gasteiger partial charge in [-0.1, -0.05) is 24.3 Å². The van der Waals surface area contributed by atoms with Gasteiger partial charge in [-0.05, 0) is 36.4 Å². The number of hydrogen-bond donors (Lipinski definition) is 2. The van der Waals surface area contributed by atoms with Crippen LogP contribution in [0, 0.1) is 0 Å². The van der Waals surface area contributed by atoms with Crippen molar-refractivity contribution in [2.45, 2.75) is 17.7 Å². The van der Waals surface area contributed by atoms with Gasteiger partial charge in [0.2, 0.25) is 5.91 Å². The van der Waals surface area contributed by atoms with Crippen LogP contribution in [-0.2, 0) is 4.79 Å². The Morgan fingerprint density at radius 2 is 1.96 bits per heavy atom. The van der Waals surface area contributed by atoms with E-state index in [1.165, 1.54) is 4.90 Å². The highest BCUT2D eigenvalue weighted by Gasteiger charge is 2.20. The number of carbonyl (C=O) groups excluding carboxylic acids is 1. The van der Waals surface area contributed by atoms with Gasteiger partial charge in [0.15, 0.2) is 0 Å². The molecule has 138 valence electrons. The minimum atomic E-state index is 0.167. The Morgan fingerprint density at radius 3 is 2.85 bits per heavy atom. The van der Waals surface area contributed by atoms with Gasteiger partial charge in [-0.25, -0.2) is 0 Å². The molecule has 0 radical (unpaired) electrons. The normalized spacial score (nSPS) is 13.8. The standard InChI is InChI=1S/C20H25N3O2S/c21-16-6-1-3-8-18(16)25-14-12-22-11-10-20(24)23-13-5-15-26-19-9-4-2-7-17(19)23/h1-4,6-9,22H,5,10-15,21H2. The van der Waals surface area contributed by atoms with Crippen LogP contribution in [0.5, 0.6) is 5.75 Å². The lowest BCUT2D eigenvalue weighted by molar-refractivity contribution is -0.118. The van der Waals surface area contributed by atoms with E-state index in [1.807, 2.05) is 59.1 Å². The zero-order chi connectivity index (χ0) is 18.2. The number of nitrogens with two attached hydrogens (primary N) is 1. The zero-order valence-corrected chi connectivity index (χ0v) is 15.6. The quantitative estimate of drug-likeness (QED) is 0.578. The number of rotatable bonds is 7. The summed E-state index contributed by atoms with van der Waals surface area (Å²) in [6.45, 7) is 2.62. The van der Waals surface area contributed by atoms with Gasteiger partial charge in [0, 0.05) is 31.0 Å². The molecule has 3 rings (SSSR count). The monoisotopic (exact) mass is 371 g/mol. The average Bonchev–Trinajstić information content (AvgIpc) is 2.88. The largest absolute Gasteiger partial charge is 0.490 e. The fraction of sp³-hybridized carbons (Fsp3) is 0.350. The Hall–Kier alpha value is -2.18. The molecular formula is C20H25N3O2S. The van der Waals surface area contributed by atoms with Gasteiger partial charge < -0.3 is 20.7 Å². The van der Waals surface area contributed by atoms with Crippen LogP contribution in [0.3, 0.4) is 0 Å². The number of ether oxygens (including phenoxy) is 1. The molecule has 6 heteroatoms. The van der Waals surface area contributed by atoms with Crippen molar-refractivity contribution >= 4 is 29.0 Å². The number of para-hydroxylation sites is 3. The molecule has 0 fully saturated rings. The second-order valence-corrected chi connectivity index (χ2v) is 7.24. The topological polar surface area (TPSA) is 67.6 Å². The highest BCUT2D eigenvalue weighted by Crippen LogP contribution is 2.33. The van der Waals surface area contributed by atoms with Crippen molar-refractivity contribution in [2.24, 2.45) is 0 Å². The Morgan fingerprint density at radius 1 is 1.15 bits per heavy atom. The van der Waals surface area contributed by atoms with Crippen LogP contribution in [0.4, 0.5) is 11.4 Å². The van der Waals surface area contributed by atoms with Crippen molar-refractivity contribution in [2.75, 3.05) is 42.6 Å². The molecule has 0 unspecified atom stereocenters. The van der Waals surface area contributed by atoms with E-state index in [0.29, 0.717) is 37.6 Å². The van der Waals surface area contributed by atoms with E-state index in [2.05, 4.69) is 11.4 Å². The van der Waals surface area contributed by atoms with Gasteiger partial charge in [0.25, 0.3) is 0 Å². The van der Waals surface area contributed by atoms with Crippen LogP contribution in [0.25, 0.3) is 0 Å². The summed E-state index contributed by atoms with van der Waals surface area (Å²) in [5.74, 6) is 1.92. The van der Waals surface area contributed by atoms with Crippen molar-refractivity contribution < 1.29 is 9.53 Å². The third kappa shape index (κ3) is 4.93. The molecule has 0 atom stereocenters. The summed E-state index contributed by atoms with van der Waals surface area (Å²) in [6, 6.07) is 15.6. The number of amides is 1. The van der Waals surface area contributed by atoms with Crippen LogP contribution in [-0.4, -0.2) is 37.9 Å². The third-order valence-corrected chi connectivity index (χ3v) is 5.36. The summed E-state index contributed by atoms with van der Waals surface area (Å²) in [6.07, 6.45) is 1.50. The highest BCUT2D eigenvalue weighted by atomic mass is 32.2. The lowest BCUT2D eigenvalue weighted by Crippen LogP contribution is -2.34. The second-order valence-electron chi connectivity index (χ2n) is 6.10. The molecular weight excluding hydrogens is 346 g/mol. The zero-order valence-electron chi connectivity index (χ0n) is 14.8. The van der Waals surface area contributed by atoms with Gasteiger partial charge in [-0.2, -0.15) is 0 Å². The second kappa shape index (κ2) is 9.50. The Bertz CT molecular complexity index is 739. The molecule has 3 N–H and O–H groups in total. The summed E-state index contributed by atoms with van der Waals surface area (Å²) in [5.41, 5.74) is 7.52. The molecule has 5 nitrogen and oxygen atoms in total. The van der Waals surface area contributed by atoms with Gasteiger partial charge in [-0.15, -0.1) is 11.8 Å². The van der Waals surface area contributed by atoms with Crippen LogP contribution >= 0.6 is 11.8 Å². The number of nitrogens with zero attached hydrogens (tertiary/aromatic N) is 1.